The van der Waals surface area contributed by atoms with Crippen LogP contribution in [0.15, 0.2) is 76.1 Å². The Morgan fingerprint density at radius 2 is 1.85 bits per heavy atom. The van der Waals surface area contributed by atoms with Gasteiger partial charge in [-0.25, -0.2) is 4.98 Å². The topological polar surface area (TPSA) is 74.1 Å². The Morgan fingerprint density at radius 1 is 1.00 bits per heavy atom. The van der Waals surface area contributed by atoms with E-state index in [2.05, 4.69) is 4.98 Å². The minimum Gasteiger partial charge on any atom is -0.465 e. The normalized spacial score (nSPS) is 11.4. The van der Waals surface area contributed by atoms with Gasteiger partial charge in [0.1, 0.15) is 11.6 Å². The lowest BCUT2D eigenvalue weighted by molar-refractivity contribution is 0.557. The average Bonchev–Trinajstić information content (AvgIpc) is 3.23. The SMILES string of the molecule is NCc1cccc(Cn2c(/C=C/c3ccco3)nc3ccccc3c2=O)c1. The first-order chi connectivity index (χ1) is 13.2. The van der Waals surface area contributed by atoms with Crippen LogP contribution in [0.4, 0.5) is 0 Å². The maximum atomic E-state index is 13.1. The van der Waals surface area contributed by atoms with Gasteiger partial charge in [-0.05, 0) is 47.5 Å². The molecule has 2 heterocycles. The average molecular weight is 357 g/mol. The molecule has 0 spiro atoms. The van der Waals surface area contributed by atoms with E-state index in [4.69, 9.17) is 10.2 Å². The predicted octanol–water partition coefficient (Wildman–Crippen LogP) is 3.67. The second-order valence-electron chi connectivity index (χ2n) is 6.25. The lowest BCUT2D eigenvalue weighted by Gasteiger charge is -2.12. The Kier molecular flexibility index (Phi) is 4.68. The van der Waals surface area contributed by atoms with Gasteiger partial charge in [0, 0.05) is 6.54 Å². The van der Waals surface area contributed by atoms with Crippen molar-refractivity contribution in [3.63, 3.8) is 0 Å². The van der Waals surface area contributed by atoms with E-state index in [1.807, 2.05) is 60.7 Å². The van der Waals surface area contributed by atoms with Crippen LogP contribution in [0.3, 0.4) is 0 Å². The predicted molar refractivity (Wildman–Crippen MR) is 107 cm³/mol. The van der Waals surface area contributed by atoms with E-state index in [9.17, 15) is 4.79 Å². The molecule has 4 rings (SSSR count). The zero-order valence-corrected chi connectivity index (χ0v) is 14.7. The molecule has 5 heteroatoms. The van der Waals surface area contributed by atoms with Crippen LogP contribution in [-0.2, 0) is 13.1 Å². The Bertz CT molecular complexity index is 1160. The molecule has 134 valence electrons. The maximum Gasteiger partial charge on any atom is 0.261 e. The summed E-state index contributed by atoms with van der Waals surface area (Å²) in [5, 5.41) is 0.600. The fourth-order valence-corrected chi connectivity index (χ4v) is 3.05. The standard InChI is InChI=1S/C22H19N3O2/c23-14-16-5-3-6-17(13-16)15-25-21(11-10-18-7-4-12-27-18)24-20-9-2-1-8-19(20)22(25)26/h1-13H,14-15,23H2/b11-10+. The van der Waals surface area contributed by atoms with Crippen molar-refractivity contribution in [3.05, 3.63) is 100.0 Å². The summed E-state index contributed by atoms with van der Waals surface area (Å²) in [6, 6.07) is 19.0. The van der Waals surface area contributed by atoms with E-state index in [0.717, 1.165) is 11.1 Å². The van der Waals surface area contributed by atoms with Gasteiger partial charge in [-0.15, -0.1) is 0 Å². The fraction of sp³-hybridized carbons (Fsp3) is 0.0909. The first-order valence-electron chi connectivity index (χ1n) is 8.73. The summed E-state index contributed by atoms with van der Waals surface area (Å²) in [5.41, 5.74) is 8.38. The van der Waals surface area contributed by atoms with Gasteiger partial charge in [-0.1, -0.05) is 36.4 Å². The largest absolute Gasteiger partial charge is 0.465 e. The van der Waals surface area contributed by atoms with Gasteiger partial charge in [0.25, 0.3) is 5.56 Å². The summed E-state index contributed by atoms with van der Waals surface area (Å²) in [7, 11) is 0. The van der Waals surface area contributed by atoms with E-state index < -0.39 is 0 Å². The van der Waals surface area contributed by atoms with Crippen molar-refractivity contribution in [2.75, 3.05) is 0 Å². The Morgan fingerprint density at radius 3 is 2.67 bits per heavy atom. The zero-order chi connectivity index (χ0) is 18.6. The molecule has 0 aliphatic carbocycles. The molecule has 2 N–H and O–H groups in total. The van der Waals surface area contributed by atoms with Gasteiger partial charge < -0.3 is 10.2 Å². The number of para-hydroxylation sites is 1. The third kappa shape index (κ3) is 3.59. The van der Waals surface area contributed by atoms with Gasteiger partial charge in [-0.2, -0.15) is 0 Å². The third-order valence-electron chi connectivity index (χ3n) is 4.40. The molecule has 27 heavy (non-hydrogen) atoms. The molecule has 0 radical (unpaired) electrons. The van der Waals surface area contributed by atoms with Gasteiger partial charge in [0.2, 0.25) is 0 Å². The molecule has 0 aliphatic rings. The van der Waals surface area contributed by atoms with Crippen molar-refractivity contribution < 1.29 is 4.42 Å². The molecule has 0 aliphatic heterocycles. The van der Waals surface area contributed by atoms with Crippen LogP contribution in [0.2, 0.25) is 0 Å². The summed E-state index contributed by atoms with van der Waals surface area (Å²) < 4.78 is 7.02. The quantitative estimate of drug-likeness (QED) is 0.591. The van der Waals surface area contributed by atoms with E-state index >= 15 is 0 Å². The summed E-state index contributed by atoms with van der Waals surface area (Å²) >= 11 is 0. The number of rotatable bonds is 5. The van der Waals surface area contributed by atoms with Crippen LogP contribution in [0.25, 0.3) is 23.1 Å². The lowest BCUT2D eigenvalue weighted by Crippen LogP contribution is -2.24. The molecule has 0 amide bonds. The molecule has 4 aromatic rings. The minimum atomic E-state index is -0.0714. The Balaban J connectivity index is 1.84. The summed E-state index contributed by atoms with van der Waals surface area (Å²) in [6.45, 7) is 0.881. The highest BCUT2D eigenvalue weighted by molar-refractivity contribution is 5.79. The third-order valence-corrected chi connectivity index (χ3v) is 4.40. The van der Waals surface area contributed by atoms with Crippen LogP contribution < -0.4 is 11.3 Å². The molecule has 2 aromatic heterocycles. The zero-order valence-electron chi connectivity index (χ0n) is 14.7. The van der Waals surface area contributed by atoms with E-state index in [0.29, 0.717) is 35.6 Å². The van der Waals surface area contributed by atoms with E-state index in [1.165, 1.54) is 0 Å². The van der Waals surface area contributed by atoms with E-state index in [1.54, 1.807) is 23.0 Å². The number of furan rings is 1. The van der Waals surface area contributed by atoms with Crippen molar-refractivity contribution >= 4 is 23.1 Å². The molecule has 0 unspecified atom stereocenters. The Hall–Kier alpha value is -3.44. The molecule has 5 nitrogen and oxygen atoms in total. The first-order valence-corrected chi connectivity index (χ1v) is 8.73. The van der Waals surface area contributed by atoms with Crippen LogP contribution >= 0.6 is 0 Å². The number of aromatic nitrogens is 2. The summed E-state index contributed by atoms with van der Waals surface area (Å²) in [4.78, 5) is 17.8. The summed E-state index contributed by atoms with van der Waals surface area (Å²) in [6.07, 6.45) is 5.22. The van der Waals surface area contributed by atoms with Crippen molar-refractivity contribution in [1.29, 1.82) is 0 Å². The van der Waals surface area contributed by atoms with Gasteiger partial charge >= 0.3 is 0 Å². The van der Waals surface area contributed by atoms with Crippen LogP contribution in [0, 0.1) is 0 Å². The Labute approximate surface area is 156 Å². The van der Waals surface area contributed by atoms with Crippen molar-refractivity contribution in [2.24, 2.45) is 5.73 Å². The van der Waals surface area contributed by atoms with Gasteiger partial charge in [0.15, 0.2) is 0 Å². The highest BCUT2D eigenvalue weighted by Gasteiger charge is 2.10. The van der Waals surface area contributed by atoms with Crippen LogP contribution in [0.1, 0.15) is 22.7 Å². The van der Waals surface area contributed by atoms with Gasteiger partial charge in [-0.3, -0.25) is 9.36 Å². The van der Waals surface area contributed by atoms with Crippen molar-refractivity contribution in [1.82, 2.24) is 9.55 Å². The van der Waals surface area contributed by atoms with Crippen molar-refractivity contribution in [3.8, 4) is 0 Å². The second-order valence-corrected chi connectivity index (χ2v) is 6.25. The molecule has 0 saturated heterocycles. The highest BCUT2D eigenvalue weighted by atomic mass is 16.3. The smallest absolute Gasteiger partial charge is 0.261 e. The number of nitrogens with zero attached hydrogens (tertiary/aromatic N) is 2. The molecule has 0 bridgehead atoms. The van der Waals surface area contributed by atoms with Crippen LogP contribution in [0.5, 0.6) is 0 Å². The van der Waals surface area contributed by atoms with Gasteiger partial charge in [0.05, 0.1) is 23.7 Å². The number of benzene rings is 2. The maximum absolute atomic E-state index is 13.1. The minimum absolute atomic E-state index is 0.0714. The molecule has 0 saturated carbocycles. The molecular formula is C22H19N3O2. The van der Waals surface area contributed by atoms with E-state index in [-0.39, 0.29) is 5.56 Å². The second kappa shape index (κ2) is 7.43. The number of hydrogen-bond acceptors (Lipinski definition) is 4. The number of fused-ring (bicyclic) bond motifs is 1. The molecule has 0 atom stereocenters. The lowest BCUT2D eigenvalue weighted by atomic mass is 10.1. The van der Waals surface area contributed by atoms with Crippen molar-refractivity contribution in [2.45, 2.75) is 13.1 Å². The first kappa shape index (κ1) is 17.0. The van der Waals surface area contributed by atoms with Crippen LogP contribution in [-0.4, -0.2) is 9.55 Å². The highest BCUT2D eigenvalue weighted by Crippen LogP contribution is 2.14. The fourth-order valence-electron chi connectivity index (χ4n) is 3.05. The monoisotopic (exact) mass is 357 g/mol. The molecule has 2 aromatic carbocycles. The molecular weight excluding hydrogens is 338 g/mol. The number of nitrogens with two attached hydrogens (primary N) is 1. The summed E-state index contributed by atoms with van der Waals surface area (Å²) in [5.74, 6) is 1.28. The number of hydrogen-bond donors (Lipinski definition) is 1. The molecule has 0 fully saturated rings.